The van der Waals surface area contributed by atoms with Crippen molar-refractivity contribution in [2.24, 2.45) is 12.8 Å². The lowest BCUT2D eigenvalue weighted by Gasteiger charge is -2.36. The Morgan fingerprint density at radius 2 is 2.06 bits per heavy atom. The third-order valence-electron chi connectivity index (χ3n) is 3.81. The number of hydrogen-bond acceptors (Lipinski definition) is 3. The summed E-state index contributed by atoms with van der Waals surface area (Å²) < 4.78 is 7.57. The molecule has 0 bridgehead atoms. The molecule has 1 aromatic heterocycles. The number of nitrogens with two attached hydrogens (primary N) is 1. The van der Waals surface area contributed by atoms with Gasteiger partial charge in [0.25, 0.3) is 0 Å². The smallest absolute Gasteiger partial charge is 0.0827 e. The van der Waals surface area contributed by atoms with Crippen molar-refractivity contribution in [1.29, 1.82) is 0 Å². The molecular weight excluding hydrogens is 214 g/mol. The summed E-state index contributed by atoms with van der Waals surface area (Å²) >= 11 is 0. The summed E-state index contributed by atoms with van der Waals surface area (Å²) in [5, 5.41) is 4.34. The number of ether oxygens (including phenoxy) is 1. The zero-order valence-electron chi connectivity index (χ0n) is 11.7. The van der Waals surface area contributed by atoms with Crippen molar-refractivity contribution in [2.45, 2.75) is 51.7 Å². The maximum absolute atomic E-state index is 6.33. The zero-order valence-corrected chi connectivity index (χ0v) is 11.7. The minimum atomic E-state index is -0.224. The molecule has 2 N–H and O–H groups in total. The standard InChI is InChI=1S/C13H25N3O/c1-6-13(7-2,17-5)12(14)9-11-8-10(3)15-16(11)4/h8,12H,6-7,9,14H2,1-5H3. The van der Waals surface area contributed by atoms with E-state index >= 15 is 0 Å². The molecule has 0 radical (unpaired) electrons. The highest BCUT2D eigenvalue weighted by Gasteiger charge is 2.33. The summed E-state index contributed by atoms with van der Waals surface area (Å²) in [5.41, 5.74) is 8.30. The van der Waals surface area contributed by atoms with Crippen LogP contribution >= 0.6 is 0 Å². The number of hydrogen-bond donors (Lipinski definition) is 1. The molecule has 4 heteroatoms. The van der Waals surface area contributed by atoms with Gasteiger partial charge in [-0.1, -0.05) is 13.8 Å². The van der Waals surface area contributed by atoms with Gasteiger partial charge in [0.2, 0.25) is 0 Å². The highest BCUT2D eigenvalue weighted by molar-refractivity contribution is 5.11. The number of aromatic nitrogens is 2. The van der Waals surface area contributed by atoms with Gasteiger partial charge in [0.1, 0.15) is 0 Å². The van der Waals surface area contributed by atoms with Crippen molar-refractivity contribution in [2.75, 3.05) is 7.11 Å². The second-order valence-electron chi connectivity index (χ2n) is 4.69. The number of methoxy groups -OCH3 is 1. The van der Waals surface area contributed by atoms with Crippen LogP contribution in [0.3, 0.4) is 0 Å². The van der Waals surface area contributed by atoms with Gasteiger partial charge < -0.3 is 10.5 Å². The maximum Gasteiger partial charge on any atom is 0.0827 e. The van der Waals surface area contributed by atoms with Crippen molar-refractivity contribution in [1.82, 2.24) is 9.78 Å². The van der Waals surface area contributed by atoms with E-state index in [0.29, 0.717) is 0 Å². The van der Waals surface area contributed by atoms with Gasteiger partial charge in [-0.3, -0.25) is 4.68 Å². The Kier molecular flexibility index (Phi) is 4.71. The molecule has 0 aliphatic carbocycles. The monoisotopic (exact) mass is 239 g/mol. The average molecular weight is 239 g/mol. The summed E-state index contributed by atoms with van der Waals surface area (Å²) in [6.45, 7) is 6.25. The van der Waals surface area contributed by atoms with Crippen molar-refractivity contribution < 1.29 is 4.74 Å². The van der Waals surface area contributed by atoms with Crippen LogP contribution in [0.2, 0.25) is 0 Å². The normalized spacial score (nSPS) is 14.0. The Balaban J connectivity index is 2.83. The van der Waals surface area contributed by atoms with Gasteiger partial charge in [0.15, 0.2) is 0 Å². The SMILES string of the molecule is CCC(CC)(OC)C(N)Cc1cc(C)nn1C. The van der Waals surface area contributed by atoms with E-state index in [2.05, 4.69) is 25.0 Å². The van der Waals surface area contributed by atoms with Gasteiger partial charge in [-0.2, -0.15) is 5.10 Å². The summed E-state index contributed by atoms with van der Waals surface area (Å²) in [5.74, 6) is 0. The minimum Gasteiger partial charge on any atom is -0.377 e. The van der Waals surface area contributed by atoms with E-state index in [1.807, 2.05) is 18.7 Å². The van der Waals surface area contributed by atoms with Gasteiger partial charge in [-0.15, -0.1) is 0 Å². The van der Waals surface area contributed by atoms with Crippen LogP contribution in [0.15, 0.2) is 6.07 Å². The Labute approximate surface area is 104 Å². The molecule has 0 saturated heterocycles. The van der Waals surface area contributed by atoms with E-state index < -0.39 is 0 Å². The lowest BCUT2D eigenvalue weighted by Crippen LogP contribution is -2.50. The van der Waals surface area contributed by atoms with Gasteiger partial charge in [-0.25, -0.2) is 0 Å². The summed E-state index contributed by atoms with van der Waals surface area (Å²) in [6, 6.07) is 2.09. The van der Waals surface area contributed by atoms with Gasteiger partial charge in [-0.05, 0) is 25.8 Å². The molecule has 0 aromatic carbocycles. The lowest BCUT2D eigenvalue weighted by atomic mass is 9.86. The van der Waals surface area contributed by atoms with Crippen LogP contribution in [0.4, 0.5) is 0 Å². The first kappa shape index (κ1) is 14.2. The van der Waals surface area contributed by atoms with E-state index in [0.717, 1.165) is 25.0 Å². The van der Waals surface area contributed by atoms with Crippen LogP contribution in [0.25, 0.3) is 0 Å². The van der Waals surface area contributed by atoms with E-state index in [1.165, 1.54) is 5.69 Å². The molecule has 0 aliphatic rings. The van der Waals surface area contributed by atoms with Crippen molar-refractivity contribution in [3.63, 3.8) is 0 Å². The van der Waals surface area contributed by atoms with Gasteiger partial charge in [0.05, 0.1) is 11.3 Å². The fourth-order valence-electron chi connectivity index (χ4n) is 2.48. The number of aryl methyl sites for hydroxylation is 2. The molecule has 0 amide bonds. The van der Waals surface area contributed by atoms with E-state index in [1.54, 1.807) is 7.11 Å². The second kappa shape index (κ2) is 5.65. The van der Waals surface area contributed by atoms with Gasteiger partial charge in [0, 0.05) is 32.3 Å². The quantitative estimate of drug-likeness (QED) is 0.823. The van der Waals surface area contributed by atoms with Crippen LogP contribution in [-0.2, 0) is 18.2 Å². The van der Waals surface area contributed by atoms with Crippen LogP contribution in [-0.4, -0.2) is 28.5 Å². The Morgan fingerprint density at radius 3 is 2.41 bits per heavy atom. The topological polar surface area (TPSA) is 53.1 Å². The fourth-order valence-corrected chi connectivity index (χ4v) is 2.48. The number of rotatable bonds is 6. The Bertz CT molecular complexity index is 347. The molecule has 0 fully saturated rings. The number of nitrogens with zero attached hydrogens (tertiary/aromatic N) is 2. The molecule has 1 atom stereocenters. The predicted octanol–water partition coefficient (Wildman–Crippen LogP) is 1.80. The molecular formula is C13H25N3O. The van der Waals surface area contributed by atoms with Crippen LogP contribution < -0.4 is 5.73 Å². The lowest BCUT2D eigenvalue weighted by molar-refractivity contribution is -0.0377. The summed E-state index contributed by atoms with van der Waals surface area (Å²) in [4.78, 5) is 0. The van der Waals surface area contributed by atoms with E-state index in [9.17, 15) is 0 Å². The van der Waals surface area contributed by atoms with Crippen LogP contribution in [0, 0.1) is 6.92 Å². The molecule has 1 heterocycles. The third-order valence-corrected chi connectivity index (χ3v) is 3.81. The highest BCUT2D eigenvalue weighted by atomic mass is 16.5. The second-order valence-corrected chi connectivity index (χ2v) is 4.69. The molecule has 17 heavy (non-hydrogen) atoms. The highest BCUT2D eigenvalue weighted by Crippen LogP contribution is 2.25. The van der Waals surface area contributed by atoms with Gasteiger partial charge >= 0.3 is 0 Å². The van der Waals surface area contributed by atoms with Crippen LogP contribution in [0.1, 0.15) is 38.1 Å². The van der Waals surface area contributed by atoms with Crippen LogP contribution in [0.5, 0.6) is 0 Å². The largest absolute Gasteiger partial charge is 0.377 e. The van der Waals surface area contributed by atoms with Crippen molar-refractivity contribution in [3.8, 4) is 0 Å². The molecule has 0 aliphatic heterocycles. The van der Waals surface area contributed by atoms with E-state index in [-0.39, 0.29) is 11.6 Å². The molecule has 1 unspecified atom stereocenters. The molecule has 0 saturated carbocycles. The Morgan fingerprint density at radius 1 is 1.47 bits per heavy atom. The van der Waals surface area contributed by atoms with Crippen molar-refractivity contribution in [3.05, 3.63) is 17.5 Å². The fraction of sp³-hybridized carbons (Fsp3) is 0.769. The summed E-state index contributed by atoms with van der Waals surface area (Å²) in [7, 11) is 3.71. The molecule has 1 rings (SSSR count). The third kappa shape index (κ3) is 2.87. The summed E-state index contributed by atoms with van der Waals surface area (Å²) in [6.07, 6.45) is 2.66. The average Bonchev–Trinajstić information content (AvgIpc) is 2.61. The first-order chi connectivity index (χ1) is 7.99. The molecule has 4 nitrogen and oxygen atoms in total. The molecule has 0 spiro atoms. The Hall–Kier alpha value is -0.870. The first-order valence-electron chi connectivity index (χ1n) is 6.29. The molecule has 1 aromatic rings. The maximum atomic E-state index is 6.33. The van der Waals surface area contributed by atoms with E-state index in [4.69, 9.17) is 10.5 Å². The predicted molar refractivity (Wildman–Crippen MR) is 69.9 cm³/mol. The zero-order chi connectivity index (χ0) is 13.1. The first-order valence-corrected chi connectivity index (χ1v) is 6.29. The van der Waals surface area contributed by atoms with Crippen molar-refractivity contribution >= 4 is 0 Å². The molecule has 98 valence electrons. The minimum absolute atomic E-state index is 0.00250.